The van der Waals surface area contributed by atoms with Crippen molar-refractivity contribution in [2.24, 2.45) is 5.73 Å². The first kappa shape index (κ1) is 16.7. The maximum atomic E-state index is 11.6. The molecule has 0 bridgehead atoms. The van der Waals surface area contributed by atoms with Gasteiger partial charge in [-0.05, 0) is 77.5 Å². The van der Waals surface area contributed by atoms with Crippen molar-refractivity contribution < 1.29 is 14.3 Å². The molecule has 2 N–H and O–H groups in total. The Labute approximate surface area is 138 Å². The number of hydrogen-bond donors (Lipinski definition) is 1. The molecule has 0 unspecified atom stereocenters. The largest absolute Gasteiger partial charge is 0.468 e. The van der Waals surface area contributed by atoms with Crippen LogP contribution in [0.25, 0.3) is 0 Å². The summed E-state index contributed by atoms with van der Waals surface area (Å²) in [5.41, 5.74) is 4.96. The Kier molecular flexibility index (Phi) is 4.65. The van der Waals surface area contributed by atoms with Crippen LogP contribution in [0.2, 0.25) is 0 Å². The third kappa shape index (κ3) is 2.66. The molecule has 23 heavy (non-hydrogen) atoms. The van der Waals surface area contributed by atoms with E-state index >= 15 is 0 Å². The molecule has 0 saturated carbocycles. The summed E-state index contributed by atoms with van der Waals surface area (Å²) in [5, 5.41) is 0. The highest BCUT2D eigenvalue weighted by molar-refractivity contribution is 5.85. The Morgan fingerprint density at radius 2 is 1.22 bits per heavy atom. The van der Waals surface area contributed by atoms with Gasteiger partial charge in [0.15, 0.2) is 0 Å². The second-order valence-electron chi connectivity index (χ2n) is 7.31. The molecule has 1 amide bonds. The van der Waals surface area contributed by atoms with E-state index in [0.29, 0.717) is 0 Å². The zero-order valence-electron chi connectivity index (χ0n) is 14.2. The number of rotatable bonds is 2. The summed E-state index contributed by atoms with van der Waals surface area (Å²) < 4.78 is 4.86. The Morgan fingerprint density at radius 1 is 0.826 bits per heavy atom. The molecule has 130 valence electrons. The number of carbonyl (C=O) groups excluding carboxylic acids is 2. The molecular formula is C17H29N3O3. The van der Waals surface area contributed by atoms with Crippen molar-refractivity contribution in [3.05, 3.63) is 0 Å². The Morgan fingerprint density at radius 3 is 1.57 bits per heavy atom. The summed E-state index contributed by atoms with van der Waals surface area (Å²) in [6.45, 7) is 4.30. The summed E-state index contributed by atoms with van der Waals surface area (Å²) >= 11 is 0. The summed E-state index contributed by atoms with van der Waals surface area (Å²) in [6, 6.07) is 0. The van der Waals surface area contributed by atoms with E-state index in [1.54, 1.807) is 0 Å². The molecule has 4 saturated heterocycles. The molecule has 4 aliphatic heterocycles. The standard InChI is InChI=1S/C9H15NO2.C8H14N2O/c1-12-8(11)9-4-2-6-10(9)7-3-5-9;9-7(11)8-3-1-5-10(8)6-2-4-8/h2-7H2,1H3;1-6H2,(H2,9,11). The van der Waals surface area contributed by atoms with Crippen molar-refractivity contribution in [2.75, 3.05) is 33.3 Å². The van der Waals surface area contributed by atoms with Crippen LogP contribution in [0.4, 0.5) is 0 Å². The molecular weight excluding hydrogens is 294 g/mol. The van der Waals surface area contributed by atoms with Gasteiger partial charge in [-0.1, -0.05) is 0 Å². The van der Waals surface area contributed by atoms with Crippen molar-refractivity contribution in [3.63, 3.8) is 0 Å². The first-order chi connectivity index (χ1) is 11.0. The van der Waals surface area contributed by atoms with Gasteiger partial charge in [-0.2, -0.15) is 0 Å². The van der Waals surface area contributed by atoms with Gasteiger partial charge < -0.3 is 10.5 Å². The molecule has 0 aliphatic carbocycles. The van der Waals surface area contributed by atoms with E-state index in [1.807, 2.05) is 0 Å². The molecule has 6 heteroatoms. The highest BCUT2D eigenvalue weighted by atomic mass is 16.5. The lowest BCUT2D eigenvalue weighted by atomic mass is 9.94. The molecule has 4 rings (SSSR count). The van der Waals surface area contributed by atoms with Crippen LogP contribution >= 0.6 is 0 Å². The Hall–Kier alpha value is -1.14. The Bertz CT molecular complexity index is 460. The zero-order valence-corrected chi connectivity index (χ0v) is 14.2. The van der Waals surface area contributed by atoms with E-state index in [9.17, 15) is 9.59 Å². The predicted octanol–water partition coefficient (Wildman–Crippen LogP) is 0.888. The first-order valence-electron chi connectivity index (χ1n) is 8.94. The van der Waals surface area contributed by atoms with E-state index < -0.39 is 0 Å². The quantitative estimate of drug-likeness (QED) is 0.764. The van der Waals surface area contributed by atoms with Crippen LogP contribution in [-0.2, 0) is 14.3 Å². The van der Waals surface area contributed by atoms with Crippen LogP contribution in [-0.4, -0.2) is 66.0 Å². The fourth-order valence-corrected chi connectivity index (χ4v) is 5.14. The molecule has 0 spiro atoms. The fraction of sp³-hybridized carbons (Fsp3) is 0.882. The molecule has 4 aliphatic rings. The number of carbonyl (C=O) groups is 2. The average Bonchev–Trinajstić information content (AvgIpc) is 3.24. The van der Waals surface area contributed by atoms with E-state index in [0.717, 1.165) is 77.5 Å². The van der Waals surface area contributed by atoms with Crippen molar-refractivity contribution in [1.29, 1.82) is 0 Å². The molecule has 4 heterocycles. The van der Waals surface area contributed by atoms with E-state index in [2.05, 4.69) is 9.80 Å². The minimum absolute atomic E-state index is 0.0162. The summed E-state index contributed by atoms with van der Waals surface area (Å²) in [6.07, 6.45) is 8.56. The molecule has 4 fully saturated rings. The van der Waals surface area contributed by atoms with Crippen LogP contribution in [0, 0.1) is 0 Å². The monoisotopic (exact) mass is 323 g/mol. The predicted molar refractivity (Wildman–Crippen MR) is 86.8 cm³/mol. The minimum Gasteiger partial charge on any atom is -0.468 e. The van der Waals surface area contributed by atoms with Gasteiger partial charge in [0.05, 0.1) is 7.11 Å². The number of ether oxygens (including phenoxy) is 1. The van der Waals surface area contributed by atoms with Crippen LogP contribution in [0.5, 0.6) is 0 Å². The second kappa shape index (κ2) is 6.40. The minimum atomic E-state index is -0.222. The lowest BCUT2D eigenvalue weighted by molar-refractivity contribution is -0.151. The third-order valence-electron chi connectivity index (χ3n) is 6.31. The van der Waals surface area contributed by atoms with E-state index in [1.165, 1.54) is 7.11 Å². The number of nitrogens with zero attached hydrogens (tertiary/aromatic N) is 2. The Balaban J connectivity index is 0.000000136. The number of hydrogen-bond acceptors (Lipinski definition) is 5. The molecule has 0 radical (unpaired) electrons. The van der Waals surface area contributed by atoms with Gasteiger partial charge >= 0.3 is 5.97 Å². The number of nitrogens with two attached hydrogens (primary N) is 1. The summed E-state index contributed by atoms with van der Waals surface area (Å²) in [4.78, 5) is 27.3. The van der Waals surface area contributed by atoms with Crippen LogP contribution in [0.3, 0.4) is 0 Å². The maximum absolute atomic E-state index is 11.6. The lowest BCUT2D eigenvalue weighted by Gasteiger charge is -2.28. The van der Waals surface area contributed by atoms with Crippen LogP contribution < -0.4 is 5.73 Å². The van der Waals surface area contributed by atoms with E-state index in [-0.39, 0.29) is 23.0 Å². The molecule has 0 aromatic heterocycles. The fourth-order valence-electron chi connectivity index (χ4n) is 5.14. The number of primary amides is 1. The zero-order chi connectivity index (χ0) is 16.5. The van der Waals surface area contributed by atoms with Gasteiger partial charge in [-0.25, -0.2) is 0 Å². The van der Waals surface area contributed by atoms with Crippen LogP contribution in [0.1, 0.15) is 51.4 Å². The van der Waals surface area contributed by atoms with Gasteiger partial charge in [0, 0.05) is 0 Å². The smallest absolute Gasteiger partial charge is 0.326 e. The van der Waals surface area contributed by atoms with Gasteiger partial charge in [0.1, 0.15) is 11.1 Å². The van der Waals surface area contributed by atoms with Gasteiger partial charge in [0.25, 0.3) is 0 Å². The number of amides is 1. The summed E-state index contributed by atoms with van der Waals surface area (Å²) in [7, 11) is 1.49. The molecule has 6 nitrogen and oxygen atoms in total. The maximum Gasteiger partial charge on any atom is 0.326 e. The normalized spacial score (nSPS) is 27.9. The number of methoxy groups -OCH3 is 1. The van der Waals surface area contributed by atoms with Crippen molar-refractivity contribution in [3.8, 4) is 0 Å². The summed E-state index contributed by atoms with van der Waals surface area (Å²) in [5.74, 6) is -0.120. The van der Waals surface area contributed by atoms with Crippen molar-refractivity contribution in [2.45, 2.75) is 62.4 Å². The second-order valence-corrected chi connectivity index (χ2v) is 7.31. The van der Waals surface area contributed by atoms with Crippen molar-refractivity contribution in [1.82, 2.24) is 9.80 Å². The lowest BCUT2D eigenvalue weighted by Crippen LogP contribution is -2.49. The average molecular weight is 323 g/mol. The highest BCUT2D eigenvalue weighted by Crippen LogP contribution is 2.39. The van der Waals surface area contributed by atoms with Crippen molar-refractivity contribution >= 4 is 11.9 Å². The number of fused-ring (bicyclic) bond motifs is 2. The van der Waals surface area contributed by atoms with Gasteiger partial charge in [0.2, 0.25) is 5.91 Å². The van der Waals surface area contributed by atoms with Gasteiger partial charge in [-0.15, -0.1) is 0 Å². The topological polar surface area (TPSA) is 75.9 Å². The molecule has 0 aromatic rings. The SMILES string of the molecule is COC(=O)C12CCCN1CCC2.NC(=O)C12CCCN1CCC2. The number of esters is 1. The highest BCUT2D eigenvalue weighted by Gasteiger charge is 2.51. The first-order valence-corrected chi connectivity index (χ1v) is 8.94. The third-order valence-corrected chi connectivity index (χ3v) is 6.31. The van der Waals surface area contributed by atoms with Gasteiger partial charge in [-0.3, -0.25) is 19.4 Å². The van der Waals surface area contributed by atoms with E-state index in [4.69, 9.17) is 10.5 Å². The molecule has 0 aromatic carbocycles. The van der Waals surface area contributed by atoms with Crippen LogP contribution in [0.15, 0.2) is 0 Å². The molecule has 0 atom stereocenters.